The van der Waals surface area contributed by atoms with Gasteiger partial charge in [0.15, 0.2) is 0 Å². The van der Waals surface area contributed by atoms with Gasteiger partial charge in [0.1, 0.15) is 18.1 Å². The second kappa shape index (κ2) is 4.83. The largest absolute Gasteiger partial charge is 0.462 e. The molecular formula is C14H21NO2. The van der Waals surface area contributed by atoms with E-state index in [4.69, 9.17) is 9.52 Å². The molecule has 3 heteroatoms. The molecule has 2 saturated carbocycles. The number of fused-ring (bicyclic) bond motifs is 2. The molecule has 1 heterocycles. The summed E-state index contributed by atoms with van der Waals surface area (Å²) in [4.78, 5) is 0. The van der Waals surface area contributed by atoms with Crippen LogP contribution >= 0.6 is 0 Å². The molecule has 2 fully saturated rings. The van der Waals surface area contributed by atoms with Gasteiger partial charge in [-0.1, -0.05) is 6.42 Å². The molecule has 0 amide bonds. The van der Waals surface area contributed by atoms with Gasteiger partial charge < -0.3 is 14.8 Å². The van der Waals surface area contributed by atoms with E-state index in [-0.39, 0.29) is 6.61 Å². The Morgan fingerprint density at radius 2 is 2.12 bits per heavy atom. The van der Waals surface area contributed by atoms with Crippen LogP contribution in [0.25, 0.3) is 0 Å². The van der Waals surface area contributed by atoms with Crippen molar-refractivity contribution in [1.29, 1.82) is 0 Å². The maximum atomic E-state index is 8.91. The minimum absolute atomic E-state index is 0.00756. The molecule has 3 atom stereocenters. The van der Waals surface area contributed by atoms with Crippen molar-refractivity contribution in [2.75, 3.05) is 6.54 Å². The van der Waals surface area contributed by atoms with Crippen LogP contribution in [0.15, 0.2) is 16.5 Å². The maximum absolute atomic E-state index is 8.91. The molecule has 3 rings (SSSR count). The zero-order chi connectivity index (χ0) is 11.7. The Morgan fingerprint density at radius 1 is 1.24 bits per heavy atom. The van der Waals surface area contributed by atoms with Crippen LogP contribution in [0.1, 0.15) is 37.2 Å². The summed E-state index contributed by atoms with van der Waals surface area (Å²) in [6, 6.07) is 3.79. The van der Waals surface area contributed by atoms with Crippen LogP contribution in [0.4, 0.5) is 0 Å². The fourth-order valence-electron chi connectivity index (χ4n) is 3.61. The van der Waals surface area contributed by atoms with E-state index in [0.29, 0.717) is 5.76 Å². The Morgan fingerprint density at radius 3 is 2.76 bits per heavy atom. The highest BCUT2D eigenvalue weighted by Crippen LogP contribution is 2.47. The van der Waals surface area contributed by atoms with Crippen molar-refractivity contribution in [2.24, 2.45) is 17.8 Å². The summed E-state index contributed by atoms with van der Waals surface area (Å²) in [5.74, 6) is 4.48. The van der Waals surface area contributed by atoms with E-state index in [9.17, 15) is 0 Å². The lowest BCUT2D eigenvalue weighted by molar-refractivity contribution is 0.242. The van der Waals surface area contributed by atoms with Crippen molar-refractivity contribution in [3.05, 3.63) is 23.7 Å². The number of hydrogen-bond acceptors (Lipinski definition) is 3. The molecule has 3 nitrogen and oxygen atoms in total. The molecule has 0 aliphatic heterocycles. The lowest BCUT2D eigenvalue weighted by Gasteiger charge is -2.21. The van der Waals surface area contributed by atoms with E-state index in [0.717, 1.165) is 36.6 Å². The standard InChI is InChI=1S/C14H21NO2/c16-9-14-4-3-13(17-14)8-15-7-12-6-10-1-2-11(12)5-10/h3-4,10-12,15-16H,1-2,5-9H2. The Balaban J connectivity index is 1.43. The highest BCUT2D eigenvalue weighted by molar-refractivity contribution is 5.06. The molecule has 2 aliphatic rings. The number of furan rings is 1. The van der Waals surface area contributed by atoms with Gasteiger partial charge >= 0.3 is 0 Å². The molecule has 0 saturated heterocycles. The van der Waals surface area contributed by atoms with Gasteiger partial charge in [-0.3, -0.25) is 0 Å². The van der Waals surface area contributed by atoms with Gasteiger partial charge in [-0.25, -0.2) is 0 Å². The first-order valence-electron chi connectivity index (χ1n) is 6.74. The predicted molar refractivity (Wildman–Crippen MR) is 65.3 cm³/mol. The van der Waals surface area contributed by atoms with Crippen molar-refractivity contribution in [3.8, 4) is 0 Å². The molecule has 17 heavy (non-hydrogen) atoms. The van der Waals surface area contributed by atoms with Crippen molar-refractivity contribution in [2.45, 2.75) is 38.8 Å². The fraction of sp³-hybridized carbons (Fsp3) is 0.714. The smallest absolute Gasteiger partial charge is 0.129 e. The molecule has 3 unspecified atom stereocenters. The van der Waals surface area contributed by atoms with Crippen LogP contribution in [0.3, 0.4) is 0 Å². The number of nitrogens with one attached hydrogen (secondary N) is 1. The van der Waals surface area contributed by atoms with Crippen molar-refractivity contribution >= 4 is 0 Å². The van der Waals surface area contributed by atoms with Crippen molar-refractivity contribution in [3.63, 3.8) is 0 Å². The van der Waals surface area contributed by atoms with Gasteiger partial charge in [-0.15, -0.1) is 0 Å². The Kier molecular flexibility index (Phi) is 3.21. The minimum atomic E-state index is -0.00756. The molecule has 1 aromatic rings. The molecule has 0 radical (unpaired) electrons. The van der Waals surface area contributed by atoms with Gasteiger partial charge in [0.05, 0.1) is 6.54 Å². The van der Waals surface area contributed by atoms with Crippen LogP contribution in [0.2, 0.25) is 0 Å². The zero-order valence-electron chi connectivity index (χ0n) is 10.2. The first-order valence-corrected chi connectivity index (χ1v) is 6.74. The normalized spacial score (nSPS) is 31.2. The topological polar surface area (TPSA) is 45.4 Å². The summed E-state index contributed by atoms with van der Waals surface area (Å²) in [5.41, 5.74) is 0. The fourth-order valence-corrected chi connectivity index (χ4v) is 3.61. The van der Waals surface area contributed by atoms with E-state index >= 15 is 0 Å². The van der Waals surface area contributed by atoms with Crippen LogP contribution in [0.5, 0.6) is 0 Å². The Labute approximate surface area is 102 Å². The zero-order valence-corrected chi connectivity index (χ0v) is 10.2. The summed E-state index contributed by atoms with van der Waals surface area (Å²) in [6.07, 6.45) is 5.82. The van der Waals surface area contributed by atoms with Crippen molar-refractivity contribution < 1.29 is 9.52 Å². The van der Waals surface area contributed by atoms with E-state index in [1.165, 1.54) is 25.7 Å². The molecule has 2 N–H and O–H groups in total. The highest BCUT2D eigenvalue weighted by Gasteiger charge is 2.38. The summed E-state index contributed by atoms with van der Waals surface area (Å²) >= 11 is 0. The summed E-state index contributed by atoms with van der Waals surface area (Å²) in [5, 5.41) is 12.4. The average molecular weight is 235 g/mol. The highest BCUT2D eigenvalue weighted by atomic mass is 16.4. The number of hydrogen-bond donors (Lipinski definition) is 2. The van der Waals surface area contributed by atoms with Gasteiger partial charge in [0.25, 0.3) is 0 Å². The van der Waals surface area contributed by atoms with Gasteiger partial charge in [0.2, 0.25) is 0 Å². The third-order valence-corrected chi connectivity index (χ3v) is 4.46. The summed E-state index contributed by atoms with van der Waals surface area (Å²) in [6.45, 7) is 1.90. The number of aliphatic hydroxyl groups excluding tert-OH is 1. The molecule has 2 bridgehead atoms. The van der Waals surface area contributed by atoms with E-state index < -0.39 is 0 Å². The monoisotopic (exact) mass is 235 g/mol. The van der Waals surface area contributed by atoms with Gasteiger partial charge in [-0.05, 0) is 55.7 Å². The van der Waals surface area contributed by atoms with E-state index in [2.05, 4.69) is 5.32 Å². The van der Waals surface area contributed by atoms with Crippen LogP contribution in [-0.2, 0) is 13.2 Å². The molecule has 2 aliphatic carbocycles. The number of rotatable bonds is 5. The predicted octanol–water partition coefficient (Wildman–Crippen LogP) is 2.30. The average Bonchev–Trinajstić information content (AvgIpc) is 3.04. The first-order chi connectivity index (χ1) is 8.35. The summed E-state index contributed by atoms with van der Waals surface area (Å²) in [7, 11) is 0. The lowest BCUT2D eigenvalue weighted by Crippen LogP contribution is -2.26. The van der Waals surface area contributed by atoms with Crippen molar-refractivity contribution in [1.82, 2.24) is 5.32 Å². The Bertz CT molecular complexity index is 374. The molecule has 0 aromatic carbocycles. The second-order valence-electron chi connectivity index (χ2n) is 5.59. The van der Waals surface area contributed by atoms with Crippen LogP contribution < -0.4 is 5.32 Å². The van der Waals surface area contributed by atoms with Crippen LogP contribution in [0, 0.1) is 17.8 Å². The quantitative estimate of drug-likeness (QED) is 0.823. The number of aliphatic hydroxyl groups is 1. The maximum Gasteiger partial charge on any atom is 0.129 e. The second-order valence-corrected chi connectivity index (χ2v) is 5.59. The molecular weight excluding hydrogens is 214 g/mol. The lowest BCUT2D eigenvalue weighted by atomic mass is 9.89. The molecule has 1 aromatic heterocycles. The van der Waals surface area contributed by atoms with E-state index in [1.54, 1.807) is 0 Å². The third kappa shape index (κ3) is 2.40. The Hall–Kier alpha value is -0.800. The summed E-state index contributed by atoms with van der Waals surface area (Å²) < 4.78 is 5.45. The van der Waals surface area contributed by atoms with Gasteiger partial charge in [0, 0.05) is 0 Å². The molecule has 94 valence electrons. The van der Waals surface area contributed by atoms with E-state index in [1.807, 2.05) is 12.1 Å². The SMILES string of the molecule is OCc1ccc(CNCC2CC3CCC2C3)o1. The molecule has 0 spiro atoms. The van der Waals surface area contributed by atoms with Gasteiger partial charge in [-0.2, -0.15) is 0 Å². The third-order valence-electron chi connectivity index (χ3n) is 4.46. The first kappa shape index (κ1) is 11.3. The van der Waals surface area contributed by atoms with Crippen LogP contribution in [-0.4, -0.2) is 11.7 Å². The minimum Gasteiger partial charge on any atom is -0.462 e.